The molecule has 0 fully saturated rings. The topological polar surface area (TPSA) is 68.1 Å². The molecule has 0 bridgehead atoms. The van der Waals surface area contributed by atoms with Gasteiger partial charge in [-0.3, -0.25) is 9.97 Å². The molecule has 0 saturated carbocycles. The number of rotatable bonds is 3. The molecule has 0 radical (unpaired) electrons. The van der Waals surface area contributed by atoms with Gasteiger partial charge in [0.25, 0.3) is 0 Å². The van der Waals surface area contributed by atoms with Crippen LogP contribution in [-0.2, 0) is 6.61 Å². The molecule has 5 heteroatoms. The summed E-state index contributed by atoms with van der Waals surface area (Å²) in [5.74, 6) is 0.981. The van der Waals surface area contributed by atoms with Crippen molar-refractivity contribution in [2.75, 3.05) is 0 Å². The Morgan fingerprint density at radius 3 is 3.00 bits per heavy atom. The molecule has 0 saturated heterocycles. The first kappa shape index (κ1) is 10.5. The van der Waals surface area contributed by atoms with Crippen LogP contribution in [0.15, 0.2) is 30.7 Å². The lowest BCUT2D eigenvalue weighted by molar-refractivity contribution is 0.274. The molecular weight excluding hydrogens is 206 g/mol. The summed E-state index contributed by atoms with van der Waals surface area (Å²) in [4.78, 5) is 12.1. The van der Waals surface area contributed by atoms with Gasteiger partial charge in [0.05, 0.1) is 30.4 Å². The summed E-state index contributed by atoms with van der Waals surface area (Å²) in [6.45, 7) is 1.69. The van der Waals surface area contributed by atoms with Crippen LogP contribution >= 0.6 is 0 Å². The molecule has 2 rings (SSSR count). The number of aryl methyl sites for hydroxylation is 1. The first-order valence-corrected chi connectivity index (χ1v) is 4.81. The summed E-state index contributed by atoms with van der Waals surface area (Å²) in [5.41, 5.74) is 1.25. The van der Waals surface area contributed by atoms with E-state index in [9.17, 15) is 0 Å². The van der Waals surface area contributed by atoms with Crippen molar-refractivity contribution in [2.24, 2.45) is 0 Å². The average molecular weight is 217 g/mol. The molecule has 82 valence electrons. The molecule has 0 aliphatic carbocycles. The number of hydrogen-bond donors (Lipinski definition) is 1. The normalized spacial score (nSPS) is 10.1. The minimum Gasteiger partial charge on any atom is -0.436 e. The molecular formula is C11H11N3O2. The fourth-order valence-electron chi connectivity index (χ4n) is 1.20. The van der Waals surface area contributed by atoms with Crippen molar-refractivity contribution >= 4 is 0 Å². The number of ether oxygens (including phenoxy) is 1. The van der Waals surface area contributed by atoms with Crippen LogP contribution in [0.4, 0.5) is 0 Å². The number of hydrogen-bond acceptors (Lipinski definition) is 5. The maximum Gasteiger partial charge on any atom is 0.238 e. The Morgan fingerprint density at radius 1 is 1.38 bits per heavy atom. The summed E-state index contributed by atoms with van der Waals surface area (Å²) in [5, 5.41) is 8.91. The van der Waals surface area contributed by atoms with Gasteiger partial charge in [-0.1, -0.05) is 0 Å². The summed E-state index contributed by atoms with van der Waals surface area (Å²) in [6.07, 6.45) is 4.67. The molecule has 0 aliphatic heterocycles. The number of nitrogens with zero attached hydrogens (tertiary/aromatic N) is 3. The van der Waals surface area contributed by atoms with Gasteiger partial charge in [0.2, 0.25) is 5.88 Å². The van der Waals surface area contributed by atoms with Crippen LogP contribution in [-0.4, -0.2) is 20.1 Å². The average Bonchev–Trinajstić information content (AvgIpc) is 2.32. The fourth-order valence-corrected chi connectivity index (χ4v) is 1.20. The van der Waals surface area contributed by atoms with Gasteiger partial charge in [0.15, 0.2) is 5.75 Å². The molecule has 0 amide bonds. The van der Waals surface area contributed by atoms with E-state index in [1.54, 1.807) is 18.3 Å². The van der Waals surface area contributed by atoms with Crippen LogP contribution in [0.5, 0.6) is 11.6 Å². The number of aromatic nitrogens is 3. The third kappa shape index (κ3) is 2.32. The molecule has 2 aromatic heterocycles. The van der Waals surface area contributed by atoms with Gasteiger partial charge in [-0.05, 0) is 19.1 Å². The van der Waals surface area contributed by atoms with Crippen LogP contribution in [0, 0.1) is 6.92 Å². The van der Waals surface area contributed by atoms with E-state index < -0.39 is 0 Å². The van der Waals surface area contributed by atoms with E-state index in [0.29, 0.717) is 17.3 Å². The number of aliphatic hydroxyl groups excluding tert-OH is 1. The van der Waals surface area contributed by atoms with Crippen LogP contribution in [0.2, 0.25) is 0 Å². The third-order valence-electron chi connectivity index (χ3n) is 2.00. The van der Waals surface area contributed by atoms with E-state index in [-0.39, 0.29) is 6.61 Å². The monoisotopic (exact) mass is 217 g/mol. The van der Waals surface area contributed by atoms with Gasteiger partial charge >= 0.3 is 0 Å². The molecule has 0 spiro atoms. The van der Waals surface area contributed by atoms with Crippen molar-refractivity contribution in [3.05, 3.63) is 42.1 Å². The van der Waals surface area contributed by atoms with E-state index >= 15 is 0 Å². The Balaban J connectivity index is 2.24. The highest BCUT2D eigenvalue weighted by Crippen LogP contribution is 2.20. The molecule has 5 nitrogen and oxygen atoms in total. The Bertz CT molecular complexity index is 488. The first-order chi connectivity index (χ1) is 7.79. The highest BCUT2D eigenvalue weighted by Gasteiger charge is 2.03. The molecule has 0 aromatic carbocycles. The second-order valence-corrected chi connectivity index (χ2v) is 3.20. The van der Waals surface area contributed by atoms with E-state index in [4.69, 9.17) is 9.84 Å². The Kier molecular flexibility index (Phi) is 3.07. The maximum absolute atomic E-state index is 8.91. The van der Waals surface area contributed by atoms with Gasteiger partial charge in [0.1, 0.15) is 0 Å². The predicted molar refractivity (Wildman–Crippen MR) is 57.0 cm³/mol. The lowest BCUT2D eigenvalue weighted by Gasteiger charge is -2.06. The zero-order valence-electron chi connectivity index (χ0n) is 8.79. The zero-order valence-corrected chi connectivity index (χ0v) is 8.79. The Morgan fingerprint density at radius 2 is 2.25 bits per heavy atom. The lowest BCUT2D eigenvalue weighted by Crippen LogP contribution is -1.96. The van der Waals surface area contributed by atoms with E-state index in [1.807, 2.05) is 6.92 Å². The maximum atomic E-state index is 8.91. The zero-order chi connectivity index (χ0) is 11.4. The quantitative estimate of drug-likeness (QED) is 0.843. The summed E-state index contributed by atoms with van der Waals surface area (Å²) >= 11 is 0. The lowest BCUT2D eigenvalue weighted by atomic mass is 10.3. The SMILES string of the molecule is Cc1ncccc1Oc1cncc(CO)n1. The smallest absolute Gasteiger partial charge is 0.238 e. The standard InChI is InChI=1S/C11H11N3O2/c1-8-10(3-2-4-13-8)16-11-6-12-5-9(7-15)14-11/h2-6,15H,7H2,1H3. The summed E-state index contributed by atoms with van der Waals surface area (Å²) in [7, 11) is 0. The van der Waals surface area contributed by atoms with Crippen molar-refractivity contribution in [3.63, 3.8) is 0 Å². The van der Waals surface area contributed by atoms with Crippen LogP contribution in [0.1, 0.15) is 11.4 Å². The highest BCUT2D eigenvalue weighted by atomic mass is 16.5. The van der Waals surface area contributed by atoms with Gasteiger partial charge < -0.3 is 9.84 Å². The third-order valence-corrected chi connectivity index (χ3v) is 2.00. The molecule has 0 aliphatic rings. The van der Waals surface area contributed by atoms with Gasteiger partial charge in [0, 0.05) is 6.20 Å². The summed E-state index contributed by atoms with van der Waals surface area (Å²) in [6, 6.07) is 3.58. The molecule has 16 heavy (non-hydrogen) atoms. The van der Waals surface area contributed by atoms with Crippen molar-refractivity contribution in [1.82, 2.24) is 15.0 Å². The second kappa shape index (κ2) is 4.67. The van der Waals surface area contributed by atoms with Crippen LogP contribution in [0.25, 0.3) is 0 Å². The van der Waals surface area contributed by atoms with Gasteiger partial charge in [-0.2, -0.15) is 0 Å². The largest absolute Gasteiger partial charge is 0.436 e. The Hall–Kier alpha value is -2.01. The van der Waals surface area contributed by atoms with E-state index in [0.717, 1.165) is 5.69 Å². The van der Waals surface area contributed by atoms with Crippen molar-refractivity contribution in [2.45, 2.75) is 13.5 Å². The molecule has 2 aromatic rings. The van der Waals surface area contributed by atoms with E-state index in [2.05, 4.69) is 15.0 Å². The minimum absolute atomic E-state index is 0.157. The fraction of sp³-hybridized carbons (Fsp3) is 0.182. The van der Waals surface area contributed by atoms with Gasteiger partial charge in [-0.25, -0.2) is 4.98 Å². The Labute approximate surface area is 92.8 Å². The van der Waals surface area contributed by atoms with Crippen molar-refractivity contribution in [1.29, 1.82) is 0 Å². The predicted octanol–water partition coefficient (Wildman–Crippen LogP) is 1.46. The molecule has 1 N–H and O–H groups in total. The molecule has 0 atom stereocenters. The van der Waals surface area contributed by atoms with Crippen molar-refractivity contribution in [3.8, 4) is 11.6 Å². The van der Waals surface area contributed by atoms with Crippen LogP contribution in [0.3, 0.4) is 0 Å². The second-order valence-electron chi connectivity index (χ2n) is 3.20. The molecule has 2 heterocycles. The minimum atomic E-state index is -0.157. The number of pyridine rings is 1. The van der Waals surface area contributed by atoms with Gasteiger partial charge in [-0.15, -0.1) is 0 Å². The first-order valence-electron chi connectivity index (χ1n) is 4.81. The molecule has 0 unspecified atom stereocenters. The highest BCUT2D eigenvalue weighted by molar-refractivity contribution is 5.29. The van der Waals surface area contributed by atoms with Crippen molar-refractivity contribution < 1.29 is 9.84 Å². The van der Waals surface area contributed by atoms with E-state index in [1.165, 1.54) is 12.4 Å². The number of aliphatic hydroxyl groups is 1. The van der Waals surface area contributed by atoms with Crippen LogP contribution < -0.4 is 4.74 Å². The summed E-state index contributed by atoms with van der Waals surface area (Å²) < 4.78 is 5.50.